The quantitative estimate of drug-likeness (QED) is 0.878. The van der Waals surface area contributed by atoms with Crippen LogP contribution in [0, 0.1) is 11.3 Å². The third-order valence-electron chi connectivity index (χ3n) is 4.94. The Balaban J connectivity index is 1.30. The number of nitrogens with zero attached hydrogens (tertiary/aromatic N) is 4. The van der Waals surface area contributed by atoms with Crippen molar-refractivity contribution in [2.24, 2.45) is 0 Å². The molecule has 2 heterocycles. The van der Waals surface area contributed by atoms with Crippen LogP contribution in [0.1, 0.15) is 29.7 Å². The molecule has 0 bridgehead atoms. The Morgan fingerprint density at radius 1 is 1.19 bits per heavy atom. The molecule has 0 unspecified atom stereocenters. The van der Waals surface area contributed by atoms with Gasteiger partial charge in [0.25, 0.3) is 0 Å². The number of urea groups is 1. The number of carbonyl (C=O) groups is 1. The van der Waals surface area contributed by atoms with Gasteiger partial charge in [0.05, 0.1) is 17.3 Å². The van der Waals surface area contributed by atoms with E-state index in [1.165, 1.54) is 0 Å². The third-order valence-corrected chi connectivity index (χ3v) is 4.94. The number of amides is 2. The molecule has 1 aliphatic carbocycles. The standard InChI is InChI=1S/C20H20N6O/c21-12-14-4-6-15(7-5-14)24-20(27)25-16-8-10-26(11-9-16)19-17-2-1-3-18(17)22-13-23-19/h1-2,4-7,13,16H,3,8-11H2,(H2,24,25,27). The van der Waals surface area contributed by atoms with Crippen molar-refractivity contribution >= 4 is 23.6 Å². The number of nitrogens with one attached hydrogen (secondary N) is 2. The average molecular weight is 360 g/mol. The van der Waals surface area contributed by atoms with Crippen molar-refractivity contribution in [3.8, 4) is 6.07 Å². The van der Waals surface area contributed by atoms with Gasteiger partial charge in [-0.3, -0.25) is 0 Å². The minimum Gasteiger partial charge on any atom is -0.356 e. The van der Waals surface area contributed by atoms with Crippen LogP contribution < -0.4 is 15.5 Å². The minimum atomic E-state index is -0.219. The van der Waals surface area contributed by atoms with Crippen LogP contribution in [0.25, 0.3) is 6.08 Å². The number of aromatic nitrogens is 2. The summed E-state index contributed by atoms with van der Waals surface area (Å²) in [6.07, 6.45) is 8.45. The monoisotopic (exact) mass is 360 g/mol. The largest absolute Gasteiger partial charge is 0.356 e. The van der Waals surface area contributed by atoms with E-state index in [4.69, 9.17) is 5.26 Å². The van der Waals surface area contributed by atoms with Crippen LogP contribution in [-0.4, -0.2) is 35.1 Å². The summed E-state index contributed by atoms with van der Waals surface area (Å²) in [5.74, 6) is 0.995. The molecule has 0 saturated carbocycles. The second-order valence-electron chi connectivity index (χ2n) is 6.71. The molecule has 7 nitrogen and oxygen atoms in total. The fourth-order valence-electron chi connectivity index (χ4n) is 3.51. The third kappa shape index (κ3) is 3.75. The van der Waals surface area contributed by atoms with E-state index in [-0.39, 0.29) is 12.1 Å². The van der Waals surface area contributed by atoms with E-state index in [0.717, 1.165) is 49.4 Å². The summed E-state index contributed by atoms with van der Waals surface area (Å²) in [4.78, 5) is 23.3. The molecule has 2 amide bonds. The predicted molar refractivity (Wildman–Crippen MR) is 103 cm³/mol. The first-order chi connectivity index (χ1) is 13.2. The Bertz CT molecular complexity index is 907. The van der Waals surface area contributed by atoms with Gasteiger partial charge in [-0.1, -0.05) is 12.2 Å². The van der Waals surface area contributed by atoms with E-state index in [9.17, 15) is 4.79 Å². The molecule has 0 atom stereocenters. The van der Waals surface area contributed by atoms with Gasteiger partial charge in [-0.2, -0.15) is 5.26 Å². The maximum atomic E-state index is 12.2. The lowest BCUT2D eigenvalue weighted by Gasteiger charge is -2.33. The zero-order valence-corrected chi connectivity index (χ0v) is 14.9. The van der Waals surface area contributed by atoms with Crippen molar-refractivity contribution in [2.45, 2.75) is 25.3 Å². The first-order valence-electron chi connectivity index (χ1n) is 9.06. The van der Waals surface area contributed by atoms with Gasteiger partial charge in [0.15, 0.2) is 0 Å². The first-order valence-corrected chi connectivity index (χ1v) is 9.06. The van der Waals surface area contributed by atoms with Crippen LogP contribution in [0.4, 0.5) is 16.3 Å². The fraction of sp³-hybridized carbons (Fsp3) is 0.300. The predicted octanol–water partition coefficient (Wildman–Crippen LogP) is 2.71. The summed E-state index contributed by atoms with van der Waals surface area (Å²) in [7, 11) is 0. The normalized spacial score (nSPS) is 15.9. The highest BCUT2D eigenvalue weighted by atomic mass is 16.2. The SMILES string of the molecule is N#Cc1ccc(NC(=O)NC2CCN(c3ncnc4c3C=CC4)CC2)cc1. The molecule has 1 saturated heterocycles. The number of nitriles is 1. The van der Waals surface area contributed by atoms with Gasteiger partial charge in [0.2, 0.25) is 0 Å². The minimum absolute atomic E-state index is 0.130. The number of benzene rings is 1. The van der Waals surface area contributed by atoms with E-state index >= 15 is 0 Å². The lowest BCUT2D eigenvalue weighted by atomic mass is 10.0. The van der Waals surface area contributed by atoms with Crippen LogP contribution in [0.15, 0.2) is 36.7 Å². The van der Waals surface area contributed by atoms with Gasteiger partial charge in [-0.05, 0) is 37.1 Å². The number of rotatable bonds is 3. The molecular weight excluding hydrogens is 340 g/mol. The molecule has 1 aromatic heterocycles. The molecule has 136 valence electrons. The van der Waals surface area contributed by atoms with Gasteiger partial charge < -0.3 is 15.5 Å². The number of anilines is 2. The molecule has 7 heteroatoms. The lowest BCUT2D eigenvalue weighted by molar-refractivity contribution is 0.246. The number of hydrogen-bond donors (Lipinski definition) is 2. The summed E-state index contributed by atoms with van der Waals surface area (Å²) in [6, 6.07) is 8.79. The maximum Gasteiger partial charge on any atom is 0.319 e. The molecule has 0 radical (unpaired) electrons. The molecule has 2 aliphatic rings. The molecule has 1 aromatic carbocycles. The molecule has 2 N–H and O–H groups in total. The van der Waals surface area contributed by atoms with Crippen LogP contribution in [0.3, 0.4) is 0 Å². The topological polar surface area (TPSA) is 93.9 Å². The highest BCUT2D eigenvalue weighted by Crippen LogP contribution is 2.28. The van der Waals surface area contributed by atoms with Crippen molar-refractivity contribution in [1.29, 1.82) is 5.26 Å². The van der Waals surface area contributed by atoms with Crippen molar-refractivity contribution in [2.75, 3.05) is 23.3 Å². The van der Waals surface area contributed by atoms with E-state index in [2.05, 4.69) is 43.7 Å². The Hall–Kier alpha value is -3.40. The number of hydrogen-bond acceptors (Lipinski definition) is 5. The van der Waals surface area contributed by atoms with Crippen LogP contribution >= 0.6 is 0 Å². The zero-order valence-electron chi connectivity index (χ0n) is 14.9. The number of carbonyl (C=O) groups excluding carboxylic acids is 1. The Morgan fingerprint density at radius 2 is 1.96 bits per heavy atom. The highest BCUT2D eigenvalue weighted by Gasteiger charge is 2.24. The van der Waals surface area contributed by atoms with Crippen LogP contribution in [0.5, 0.6) is 0 Å². The van der Waals surface area contributed by atoms with Crippen LogP contribution in [0.2, 0.25) is 0 Å². The summed E-state index contributed by atoms with van der Waals surface area (Å²) in [5.41, 5.74) is 3.45. The Morgan fingerprint density at radius 3 is 2.70 bits per heavy atom. The lowest BCUT2D eigenvalue weighted by Crippen LogP contribution is -2.46. The first kappa shape index (κ1) is 17.0. The van der Waals surface area contributed by atoms with Gasteiger partial charge in [-0.25, -0.2) is 14.8 Å². The Kier molecular flexibility index (Phi) is 4.71. The zero-order chi connectivity index (χ0) is 18.6. The second-order valence-corrected chi connectivity index (χ2v) is 6.71. The molecule has 2 aromatic rings. The number of fused-ring (bicyclic) bond motifs is 1. The summed E-state index contributed by atoms with van der Waals surface area (Å²) < 4.78 is 0. The van der Waals surface area contributed by atoms with E-state index in [0.29, 0.717) is 11.3 Å². The molecule has 1 aliphatic heterocycles. The summed E-state index contributed by atoms with van der Waals surface area (Å²) >= 11 is 0. The highest BCUT2D eigenvalue weighted by molar-refractivity contribution is 5.89. The summed E-state index contributed by atoms with van der Waals surface area (Å²) in [6.45, 7) is 1.69. The molecule has 27 heavy (non-hydrogen) atoms. The van der Waals surface area contributed by atoms with Crippen molar-refractivity contribution in [1.82, 2.24) is 15.3 Å². The second kappa shape index (κ2) is 7.46. The van der Waals surface area contributed by atoms with Crippen LogP contribution in [-0.2, 0) is 6.42 Å². The number of allylic oxidation sites excluding steroid dienone is 1. The van der Waals surface area contributed by atoms with E-state index in [1.54, 1.807) is 30.6 Å². The summed E-state index contributed by atoms with van der Waals surface area (Å²) in [5, 5.41) is 14.7. The Labute approximate surface area is 157 Å². The average Bonchev–Trinajstić information content (AvgIpc) is 3.18. The molecular formula is C20H20N6O. The fourth-order valence-corrected chi connectivity index (χ4v) is 3.51. The van der Waals surface area contributed by atoms with E-state index < -0.39 is 0 Å². The smallest absolute Gasteiger partial charge is 0.319 e. The van der Waals surface area contributed by atoms with Gasteiger partial charge in [-0.15, -0.1) is 0 Å². The molecule has 4 rings (SSSR count). The van der Waals surface area contributed by atoms with Crippen molar-refractivity contribution in [3.63, 3.8) is 0 Å². The van der Waals surface area contributed by atoms with Gasteiger partial charge in [0.1, 0.15) is 12.1 Å². The van der Waals surface area contributed by atoms with Gasteiger partial charge >= 0.3 is 6.03 Å². The maximum absolute atomic E-state index is 12.2. The van der Waals surface area contributed by atoms with Crippen molar-refractivity contribution < 1.29 is 4.79 Å². The molecule has 0 spiro atoms. The number of piperidine rings is 1. The van der Waals surface area contributed by atoms with Crippen molar-refractivity contribution in [3.05, 3.63) is 53.5 Å². The van der Waals surface area contributed by atoms with E-state index in [1.807, 2.05) is 0 Å². The van der Waals surface area contributed by atoms with Gasteiger partial charge in [0, 0.05) is 36.8 Å². The molecule has 1 fully saturated rings.